The van der Waals surface area contributed by atoms with Gasteiger partial charge in [0.15, 0.2) is 0 Å². The quantitative estimate of drug-likeness (QED) is 0.538. The molecule has 0 saturated carbocycles. The number of nitrogen functional groups attached to an aromatic ring is 1. The SMILES string of the molecule is CC(=O)CCl.Nc1ccccc1. The van der Waals surface area contributed by atoms with Crippen molar-refractivity contribution < 1.29 is 4.79 Å². The zero-order chi connectivity index (χ0) is 9.40. The monoisotopic (exact) mass is 185 g/mol. The molecule has 0 amide bonds. The molecule has 0 fully saturated rings. The molecule has 0 radical (unpaired) electrons. The number of rotatable bonds is 1. The lowest BCUT2D eigenvalue weighted by Crippen LogP contribution is -1.86. The number of carbonyl (C=O) groups excluding carboxylic acids is 1. The van der Waals surface area contributed by atoms with Crippen LogP contribution in [0.15, 0.2) is 30.3 Å². The average molecular weight is 186 g/mol. The number of benzene rings is 1. The van der Waals surface area contributed by atoms with Crippen molar-refractivity contribution in [2.24, 2.45) is 0 Å². The van der Waals surface area contributed by atoms with E-state index in [2.05, 4.69) is 0 Å². The Morgan fingerprint density at radius 1 is 1.42 bits per heavy atom. The Kier molecular flexibility index (Phi) is 6.11. The minimum Gasteiger partial charge on any atom is -0.399 e. The van der Waals surface area contributed by atoms with Gasteiger partial charge in [-0.15, -0.1) is 11.6 Å². The number of ketones is 1. The predicted molar refractivity (Wildman–Crippen MR) is 52.3 cm³/mol. The molecule has 2 N–H and O–H groups in total. The lowest BCUT2D eigenvalue weighted by molar-refractivity contribution is -0.114. The number of nitrogens with two attached hydrogens (primary N) is 1. The smallest absolute Gasteiger partial charge is 0.144 e. The van der Waals surface area contributed by atoms with Gasteiger partial charge in [-0.1, -0.05) is 18.2 Å². The van der Waals surface area contributed by atoms with Crippen molar-refractivity contribution in [2.45, 2.75) is 6.92 Å². The van der Waals surface area contributed by atoms with E-state index in [4.69, 9.17) is 17.3 Å². The van der Waals surface area contributed by atoms with Crippen LogP contribution >= 0.6 is 11.6 Å². The van der Waals surface area contributed by atoms with Crippen LogP contribution in [0.25, 0.3) is 0 Å². The fraction of sp³-hybridized carbons (Fsp3) is 0.222. The standard InChI is InChI=1S/C6H7N.C3H5ClO/c7-6-4-2-1-3-5-6;1-3(5)2-4/h1-5H,7H2;2H2,1H3. The van der Waals surface area contributed by atoms with Gasteiger partial charge < -0.3 is 5.73 Å². The van der Waals surface area contributed by atoms with Crippen molar-refractivity contribution >= 4 is 23.1 Å². The largest absolute Gasteiger partial charge is 0.399 e. The molecule has 0 aliphatic rings. The minimum atomic E-state index is 0.0201. The maximum Gasteiger partial charge on any atom is 0.144 e. The van der Waals surface area contributed by atoms with Gasteiger partial charge in [-0.25, -0.2) is 0 Å². The first kappa shape index (κ1) is 11.0. The van der Waals surface area contributed by atoms with Crippen molar-refractivity contribution in [1.29, 1.82) is 0 Å². The maximum atomic E-state index is 9.68. The lowest BCUT2D eigenvalue weighted by atomic mass is 10.3. The number of hydrogen-bond donors (Lipinski definition) is 1. The number of halogens is 1. The second-order valence-corrected chi connectivity index (χ2v) is 2.51. The molecule has 1 aromatic carbocycles. The summed E-state index contributed by atoms with van der Waals surface area (Å²) in [5, 5.41) is 0. The second-order valence-electron chi connectivity index (χ2n) is 2.25. The molecule has 0 aromatic heterocycles. The van der Waals surface area contributed by atoms with Gasteiger partial charge in [-0.2, -0.15) is 0 Å². The third kappa shape index (κ3) is 7.09. The molecule has 0 saturated heterocycles. The molecule has 2 nitrogen and oxygen atoms in total. The normalized spacial score (nSPS) is 8.17. The summed E-state index contributed by atoms with van der Waals surface area (Å²) in [7, 11) is 0. The van der Waals surface area contributed by atoms with Gasteiger partial charge in [-0.3, -0.25) is 4.79 Å². The maximum absolute atomic E-state index is 9.68. The Balaban J connectivity index is 0.000000217. The van der Waals surface area contributed by atoms with E-state index in [-0.39, 0.29) is 11.7 Å². The Morgan fingerprint density at radius 2 is 1.83 bits per heavy atom. The molecule has 66 valence electrons. The fourth-order valence-electron chi connectivity index (χ4n) is 0.453. The first-order chi connectivity index (χ1) is 5.66. The van der Waals surface area contributed by atoms with Crippen LogP contribution in [0.3, 0.4) is 0 Å². The van der Waals surface area contributed by atoms with Gasteiger partial charge in [0.1, 0.15) is 5.78 Å². The highest BCUT2D eigenvalue weighted by Gasteiger charge is 1.79. The van der Waals surface area contributed by atoms with Gasteiger partial charge in [0, 0.05) is 5.69 Å². The number of para-hydroxylation sites is 1. The first-order valence-electron chi connectivity index (χ1n) is 3.52. The molecule has 0 spiro atoms. The van der Waals surface area contributed by atoms with E-state index in [0.717, 1.165) is 5.69 Å². The molecule has 12 heavy (non-hydrogen) atoms. The highest BCUT2D eigenvalue weighted by atomic mass is 35.5. The molecule has 0 aliphatic carbocycles. The number of hydrogen-bond acceptors (Lipinski definition) is 2. The molecule has 1 rings (SSSR count). The topological polar surface area (TPSA) is 43.1 Å². The van der Waals surface area contributed by atoms with E-state index >= 15 is 0 Å². The third-order valence-corrected chi connectivity index (χ3v) is 1.36. The van der Waals surface area contributed by atoms with Crippen LogP contribution < -0.4 is 5.73 Å². The average Bonchev–Trinajstić information content (AvgIpc) is 2.07. The van der Waals surface area contributed by atoms with Crippen molar-refractivity contribution in [3.63, 3.8) is 0 Å². The predicted octanol–water partition coefficient (Wildman–Crippen LogP) is 2.08. The number of alkyl halides is 1. The Morgan fingerprint density at radius 3 is 2.00 bits per heavy atom. The first-order valence-corrected chi connectivity index (χ1v) is 4.06. The molecular formula is C9H12ClNO. The van der Waals surface area contributed by atoms with Gasteiger partial charge in [0.25, 0.3) is 0 Å². The Hall–Kier alpha value is -1.02. The van der Waals surface area contributed by atoms with Crippen LogP contribution in [0.5, 0.6) is 0 Å². The van der Waals surface area contributed by atoms with Crippen LogP contribution in [0, 0.1) is 0 Å². The zero-order valence-corrected chi connectivity index (χ0v) is 7.71. The lowest BCUT2D eigenvalue weighted by Gasteiger charge is -1.83. The summed E-state index contributed by atoms with van der Waals surface area (Å²) in [5.41, 5.74) is 6.18. The van der Waals surface area contributed by atoms with E-state index < -0.39 is 0 Å². The van der Waals surface area contributed by atoms with E-state index in [1.165, 1.54) is 6.92 Å². The number of Topliss-reactive ketones (excluding diaryl/α,β-unsaturated/α-hetero) is 1. The zero-order valence-electron chi connectivity index (χ0n) is 6.96. The van der Waals surface area contributed by atoms with Crippen LogP contribution in [0.2, 0.25) is 0 Å². The number of anilines is 1. The minimum absolute atomic E-state index is 0.0201. The highest BCUT2D eigenvalue weighted by molar-refractivity contribution is 6.27. The van der Waals surface area contributed by atoms with Gasteiger partial charge in [0.05, 0.1) is 5.88 Å². The van der Waals surface area contributed by atoms with Gasteiger partial charge >= 0.3 is 0 Å². The molecule has 0 aliphatic heterocycles. The van der Waals surface area contributed by atoms with Crippen molar-refractivity contribution in [3.8, 4) is 0 Å². The van der Waals surface area contributed by atoms with Crippen molar-refractivity contribution in [2.75, 3.05) is 11.6 Å². The molecule has 0 heterocycles. The number of carbonyl (C=O) groups is 1. The summed E-state index contributed by atoms with van der Waals surface area (Å²) in [6.07, 6.45) is 0. The molecule has 0 unspecified atom stereocenters. The van der Waals surface area contributed by atoms with Crippen LogP contribution in [0.4, 0.5) is 5.69 Å². The Bertz CT molecular complexity index is 223. The summed E-state index contributed by atoms with van der Waals surface area (Å²) < 4.78 is 0. The molecule has 3 heteroatoms. The summed E-state index contributed by atoms with van der Waals surface area (Å²) in [4.78, 5) is 9.68. The molecule has 1 aromatic rings. The van der Waals surface area contributed by atoms with Crippen LogP contribution in [-0.2, 0) is 4.79 Å². The highest BCUT2D eigenvalue weighted by Crippen LogP contribution is 1.95. The van der Waals surface area contributed by atoms with Crippen molar-refractivity contribution in [1.82, 2.24) is 0 Å². The second kappa shape index (κ2) is 6.68. The van der Waals surface area contributed by atoms with Gasteiger partial charge in [0.2, 0.25) is 0 Å². The van der Waals surface area contributed by atoms with E-state index in [0.29, 0.717) is 0 Å². The van der Waals surface area contributed by atoms with Crippen LogP contribution in [0.1, 0.15) is 6.92 Å². The third-order valence-electron chi connectivity index (χ3n) is 0.988. The van der Waals surface area contributed by atoms with E-state index in [1.54, 1.807) is 0 Å². The molecular weight excluding hydrogens is 174 g/mol. The molecule has 0 atom stereocenters. The Labute approximate surface area is 77.3 Å². The summed E-state index contributed by atoms with van der Waals surface area (Å²) in [5.74, 6) is 0.159. The van der Waals surface area contributed by atoms with Crippen LogP contribution in [-0.4, -0.2) is 11.7 Å². The van der Waals surface area contributed by atoms with Gasteiger partial charge in [-0.05, 0) is 19.1 Å². The van der Waals surface area contributed by atoms with E-state index in [1.807, 2.05) is 30.3 Å². The van der Waals surface area contributed by atoms with E-state index in [9.17, 15) is 4.79 Å². The molecule has 0 bridgehead atoms. The fourth-order valence-corrected chi connectivity index (χ4v) is 0.453. The summed E-state index contributed by atoms with van der Waals surface area (Å²) in [6, 6.07) is 9.49. The summed E-state index contributed by atoms with van der Waals surface area (Å²) in [6.45, 7) is 1.45. The van der Waals surface area contributed by atoms with Crippen molar-refractivity contribution in [3.05, 3.63) is 30.3 Å². The summed E-state index contributed by atoms with van der Waals surface area (Å²) >= 11 is 4.99.